The van der Waals surface area contributed by atoms with E-state index in [2.05, 4.69) is 20.3 Å². The van der Waals surface area contributed by atoms with Crippen LogP contribution < -0.4 is 0 Å². The molecule has 1 rings (SSSR count). The number of rotatable bonds is 1. The first-order chi connectivity index (χ1) is 3.77. The Balaban J connectivity index is 2.40. The SMILES string of the molecule is [CH2]CC1(C)[CH]CCC1. The molecule has 8 heavy (non-hydrogen) atoms. The van der Waals surface area contributed by atoms with Crippen LogP contribution in [0, 0.1) is 18.8 Å². The van der Waals surface area contributed by atoms with Gasteiger partial charge in [-0.25, -0.2) is 0 Å². The lowest BCUT2D eigenvalue weighted by atomic mass is 9.86. The zero-order chi connectivity index (χ0) is 6.04. The smallest absolute Gasteiger partial charge is 0.0295 e. The van der Waals surface area contributed by atoms with E-state index in [9.17, 15) is 0 Å². The van der Waals surface area contributed by atoms with Gasteiger partial charge in [-0.1, -0.05) is 20.3 Å². The van der Waals surface area contributed by atoms with Gasteiger partial charge in [-0.2, -0.15) is 0 Å². The second-order valence-electron chi connectivity index (χ2n) is 3.00. The number of hydrogen-bond donors (Lipinski definition) is 0. The Bertz CT molecular complexity index is 68.1. The van der Waals surface area contributed by atoms with Crippen LogP contribution in [0.5, 0.6) is 0 Å². The fourth-order valence-electron chi connectivity index (χ4n) is 1.29. The monoisotopic (exact) mass is 110 g/mol. The lowest BCUT2D eigenvalue weighted by Gasteiger charge is -2.19. The highest BCUT2D eigenvalue weighted by molar-refractivity contribution is 4.94. The molecule has 0 saturated heterocycles. The largest absolute Gasteiger partial charge is 0.0594 e. The first kappa shape index (κ1) is 6.12. The Hall–Kier alpha value is 0. The summed E-state index contributed by atoms with van der Waals surface area (Å²) in [4.78, 5) is 0. The van der Waals surface area contributed by atoms with Crippen molar-refractivity contribution < 1.29 is 0 Å². The van der Waals surface area contributed by atoms with Crippen LogP contribution >= 0.6 is 0 Å². The third-order valence-electron chi connectivity index (χ3n) is 2.16. The molecule has 0 heteroatoms. The average molecular weight is 110 g/mol. The fraction of sp³-hybridized carbons (Fsp3) is 0.750. The van der Waals surface area contributed by atoms with E-state index in [-0.39, 0.29) is 0 Å². The molecule has 2 radical (unpaired) electrons. The van der Waals surface area contributed by atoms with Crippen molar-refractivity contribution >= 4 is 0 Å². The van der Waals surface area contributed by atoms with Gasteiger partial charge < -0.3 is 0 Å². The maximum atomic E-state index is 3.91. The van der Waals surface area contributed by atoms with Gasteiger partial charge in [0.1, 0.15) is 0 Å². The van der Waals surface area contributed by atoms with Crippen molar-refractivity contribution in [3.8, 4) is 0 Å². The molecule has 1 aliphatic carbocycles. The minimum atomic E-state index is 0.500. The highest BCUT2D eigenvalue weighted by atomic mass is 14.3. The van der Waals surface area contributed by atoms with Crippen LogP contribution in [0.4, 0.5) is 0 Å². The molecule has 0 aromatic heterocycles. The molecule has 1 saturated carbocycles. The molecule has 0 aromatic rings. The van der Waals surface area contributed by atoms with Gasteiger partial charge in [-0.3, -0.25) is 0 Å². The Morgan fingerprint density at radius 3 is 2.75 bits per heavy atom. The molecular formula is C8H14. The minimum Gasteiger partial charge on any atom is -0.0594 e. The first-order valence-electron chi connectivity index (χ1n) is 3.40. The van der Waals surface area contributed by atoms with Crippen LogP contribution in [0.1, 0.15) is 32.6 Å². The van der Waals surface area contributed by atoms with E-state index < -0.39 is 0 Å². The van der Waals surface area contributed by atoms with Gasteiger partial charge in [0, 0.05) is 0 Å². The van der Waals surface area contributed by atoms with Crippen molar-refractivity contribution in [2.75, 3.05) is 0 Å². The zero-order valence-corrected chi connectivity index (χ0v) is 5.61. The summed E-state index contributed by atoms with van der Waals surface area (Å²) in [5.41, 5.74) is 0.500. The third kappa shape index (κ3) is 1.04. The molecule has 1 atom stereocenters. The van der Waals surface area contributed by atoms with Crippen molar-refractivity contribution in [2.45, 2.75) is 32.6 Å². The molecule has 0 amide bonds. The quantitative estimate of drug-likeness (QED) is 0.486. The summed E-state index contributed by atoms with van der Waals surface area (Å²) >= 11 is 0. The summed E-state index contributed by atoms with van der Waals surface area (Å²) in [5.74, 6) is 0. The Labute approximate surface area is 52.3 Å². The zero-order valence-electron chi connectivity index (χ0n) is 5.61. The van der Waals surface area contributed by atoms with Crippen molar-refractivity contribution in [3.05, 3.63) is 13.3 Å². The van der Waals surface area contributed by atoms with E-state index in [1.165, 1.54) is 19.3 Å². The van der Waals surface area contributed by atoms with E-state index in [0.29, 0.717) is 5.41 Å². The van der Waals surface area contributed by atoms with Gasteiger partial charge in [0.05, 0.1) is 0 Å². The highest BCUT2D eigenvalue weighted by Crippen LogP contribution is 2.38. The number of hydrogen-bond acceptors (Lipinski definition) is 0. The molecular weight excluding hydrogens is 96.1 g/mol. The third-order valence-corrected chi connectivity index (χ3v) is 2.16. The molecule has 0 aliphatic heterocycles. The van der Waals surface area contributed by atoms with Crippen molar-refractivity contribution in [2.24, 2.45) is 5.41 Å². The molecule has 0 spiro atoms. The Morgan fingerprint density at radius 2 is 2.50 bits per heavy atom. The normalized spacial score (nSPS) is 26.2. The van der Waals surface area contributed by atoms with E-state index in [1.54, 1.807) is 0 Å². The Morgan fingerprint density at radius 1 is 1.75 bits per heavy atom. The Kier molecular flexibility index (Phi) is 1.59. The van der Waals surface area contributed by atoms with Crippen molar-refractivity contribution in [3.63, 3.8) is 0 Å². The summed E-state index contributed by atoms with van der Waals surface area (Å²) in [5, 5.41) is 0. The molecule has 46 valence electrons. The van der Waals surface area contributed by atoms with Crippen LogP contribution in [0.2, 0.25) is 0 Å². The lowest BCUT2D eigenvalue weighted by molar-refractivity contribution is 0.409. The standard InChI is InChI=1S/C8H14/c1-3-8(2)6-4-5-7-8/h6H,1,3-5,7H2,2H3. The molecule has 1 unspecified atom stereocenters. The van der Waals surface area contributed by atoms with Crippen LogP contribution in [-0.4, -0.2) is 0 Å². The maximum absolute atomic E-state index is 3.91. The summed E-state index contributed by atoms with van der Waals surface area (Å²) in [6.07, 6.45) is 7.54. The van der Waals surface area contributed by atoms with Crippen LogP contribution in [0.25, 0.3) is 0 Å². The van der Waals surface area contributed by atoms with Crippen LogP contribution in [-0.2, 0) is 0 Å². The minimum absolute atomic E-state index is 0.500. The van der Waals surface area contributed by atoms with Gasteiger partial charge in [-0.15, -0.1) is 0 Å². The summed E-state index contributed by atoms with van der Waals surface area (Å²) in [6.45, 7) is 6.21. The molecule has 0 aromatic carbocycles. The van der Waals surface area contributed by atoms with Crippen LogP contribution in [0.3, 0.4) is 0 Å². The van der Waals surface area contributed by atoms with Crippen LogP contribution in [0.15, 0.2) is 0 Å². The van der Waals surface area contributed by atoms with Crippen molar-refractivity contribution in [1.29, 1.82) is 0 Å². The molecule has 0 bridgehead atoms. The molecule has 0 heterocycles. The van der Waals surface area contributed by atoms with Gasteiger partial charge in [0.2, 0.25) is 0 Å². The predicted molar refractivity (Wildman–Crippen MR) is 36.2 cm³/mol. The summed E-state index contributed by atoms with van der Waals surface area (Å²) in [6, 6.07) is 0. The predicted octanol–water partition coefficient (Wildman–Crippen LogP) is 2.61. The van der Waals surface area contributed by atoms with Gasteiger partial charge >= 0.3 is 0 Å². The maximum Gasteiger partial charge on any atom is -0.0295 e. The first-order valence-corrected chi connectivity index (χ1v) is 3.40. The average Bonchev–Trinajstić information content (AvgIpc) is 2.17. The van der Waals surface area contributed by atoms with E-state index in [4.69, 9.17) is 0 Å². The van der Waals surface area contributed by atoms with Gasteiger partial charge in [0.15, 0.2) is 0 Å². The molecule has 1 aliphatic rings. The summed E-state index contributed by atoms with van der Waals surface area (Å²) < 4.78 is 0. The lowest BCUT2D eigenvalue weighted by Crippen LogP contribution is -2.08. The highest BCUT2D eigenvalue weighted by Gasteiger charge is 2.26. The fourth-order valence-corrected chi connectivity index (χ4v) is 1.29. The van der Waals surface area contributed by atoms with E-state index in [0.717, 1.165) is 6.42 Å². The molecule has 1 fully saturated rings. The molecule has 0 nitrogen and oxygen atoms in total. The van der Waals surface area contributed by atoms with Crippen molar-refractivity contribution in [1.82, 2.24) is 0 Å². The van der Waals surface area contributed by atoms with E-state index in [1.807, 2.05) is 0 Å². The molecule has 0 N–H and O–H groups in total. The topological polar surface area (TPSA) is 0 Å². The second kappa shape index (κ2) is 2.08. The second-order valence-corrected chi connectivity index (χ2v) is 3.00. The summed E-state index contributed by atoms with van der Waals surface area (Å²) in [7, 11) is 0. The van der Waals surface area contributed by atoms with Gasteiger partial charge in [-0.05, 0) is 31.1 Å². The van der Waals surface area contributed by atoms with E-state index >= 15 is 0 Å². The van der Waals surface area contributed by atoms with Gasteiger partial charge in [0.25, 0.3) is 0 Å².